The first-order chi connectivity index (χ1) is 16.3. The highest BCUT2D eigenvalue weighted by atomic mass is 32.1. The summed E-state index contributed by atoms with van der Waals surface area (Å²) >= 11 is 1.40. The number of nitrogens with zero attached hydrogens (tertiary/aromatic N) is 5. The van der Waals surface area contributed by atoms with Gasteiger partial charge in [-0.25, -0.2) is 4.52 Å². The molecule has 174 valence electrons. The summed E-state index contributed by atoms with van der Waals surface area (Å²) in [4.78, 5) is 40.5. The van der Waals surface area contributed by atoms with Crippen LogP contribution in [-0.4, -0.2) is 67.9 Å². The van der Waals surface area contributed by atoms with Crippen LogP contribution < -0.4 is 10.9 Å². The van der Waals surface area contributed by atoms with E-state index in [1.807, 2.05) is 6.20 Å². The molecule has 4 aromatic heterocycles. The average molecular weight is 478 g/mol. The highest BCUT2D eigenvalue weighted by Crippen LogP contribution is 2.34. The molecular weight excluding hydrogens is 454 g/mol. The Hall–Kier alpha value is -3.57. The second-order valence-electron chi connectivity index (χ2n) is 9.65. The van der Waals surface area contributed by atoms with Gasteiger partial charge in [0.2, 0.25) is 5.91 Å². The Morgan fingerprint density at radius 2 is 2.15 bits per heavy atom. The maximum Gasteiger partial charge on any atom is 0.261 e. The fourth-order valence-electron chi connectivity index (χ4n) is 4.82. The molecule has 1 saturated heterocycles. The summed E-state index contributed by atoms with van der Waals surface area (Å²) in [6.45, 7) is 7.09. The molecule has 6 heterocycles. The fraction of sp³-hybridized carbons (Fsp3) is 0.348. The van der Waals surface area contributed by atoms with E-state index in [-0.39, 0.29) is 22.6 Å². The van der Waals surface area contributed by atoms with Crippen molar-refractivity contribution in [3.05, 3.63) is 39.5 Å². The highest BCUT2D eigenvalue weighted by molar-refractivity contribution is 7.19. The summed E-state index contributed by atoms with van der Waals surface area (Å²) in [6.07, 6.45) is 5.50. The molecule has 0 bridgehead atoms. The van der Waals surface area contributed by atoms with Gasteiger partial charge in [0.1, 0.15) is 27.0 Å². The van der Waals surface area contributed by atoms with Crippen LogP contribution in [0, 0.1) is 5.41 Å². The number of anilines is 1. The molecule has 6 rings (SSSR count). The second-order valence-corrected chi connectivity index (χ2v) is 10.7. The number of aliphatic imine (C=N–C) groups is 1. The van der Waals surface area contributed by atoms with Crippen molar-refractivity contribution in [2.45, 2.75) is 20.3 Å². The predicted molar refractivity (Wildman–Crippen MR) is 133 cm³/mol. The number of hydrogen-bond acceptors (Lipinski definition) is 8. The summed E-state index contributed by atoms with van der Waals surface area (Å²) in [5, 5.41) is 18.1. The van der Waals surface area contributed by atoms with E-state index >= 15 is 0 Å². The van der Waals surface area contributed by atoms with Crippen molar-refractivity contribution in [3.63, 3.8) is 0 Å². The first kappa shape index (κ1) is 21.0. The Morgan fingerprint density at radius 3 is 2.91 bits per heavy atom. The van der Waals surface area contributed by atoms with Gasteiger partial charge in [-0.2, -0.15) is 5.10 Å². The Balaban J connectivity index is 1.33. The minimum absolute atomic E-state index is 0.111. The second kappa shape index (κ2) is 7.47. The molecule has 0 radical (unpaired) electrons. The molecule has 0 unspecified atom stereocenters. The van der Waals surface area contributed by atoms with Crippen LogP contribution in [0.15, 0.2) is 34.0 Å². The van der Waals surface area contributed by atoms with E-state index in [4.69, 9.17) is 0 Å². The number of allylic oxidation sites excluding steroid dienone is 1. The molecule has 0 aromatic carbocycles. The van der Waals surface area contributed by atoms with E-state index in [0.29, 0.717) is 52.0 Å². The number of rotatable bonds is 4. The molecule has 0 spiro atoms. The van der Waals surface area contributed by atoms with E-state index in [1.165, 1.54) is 17.6 Å². The van der Waals surface area contributed by atoms with Crippen molar-refractivity contribution in [2.24, 2.45) is 10.4 Å². The van der Waals surface area contributed by atoms with Gasteiger partial charge in [-0.1, -0.05) is 13.8 Å². The fourth-order valence-corrected chi connectivity index (χ4v) is 5.99. The van der Waals surface area contributed by atoms with Crippen molar-refractivity contribution in [2.75, 3.05) is 31.5 Å². The number of amides is 1. The van der Waals surface area contributed by atoms with Crippen LogP contribution >= 0.6 is 11.3 Å². The van der Waals surface area contributed by atoms with Gasteiger partial charge in [0, 0.05) is 31.4 Å². The van der Waals surface area contributed by atoms with Crippen molar-refractivity contribution >= 4 is 61.5 Å². The number of dihydropyridines is 1. The number of aromatic nitrogens is 4. The molecule has 4 aromatic rings. The number of fused-ring (bicyclic) bond motifs is 5. The molecule has 2 aliphatic heterocycles. The van der Waals surface area contributed by atoms with Crippen molar-refractivity contribution in [1.29, 1.82) is 0 Å². The summed E-state index contributed by atoms with van der Waals surface area (Å²) in [5.41, 5.74) is 2.88. The number of aliphatic hydroxyl groups is 1. The Kier molecular flexibility index (Phi) is 4.61. The van der Waals surface area contributed by atoms with E-state index in [1.54, 1.807) is 16.8 Å². The molecule has 0 atom stereocenters. The van der Waals surface area contributed by atoms with Crippen molar-refractivity contribution < 1.29 is 9.90 Å². The standard InChI is InChI=1S/C23H23N7O3S/c1-23(2)10-29(11-23)9-17(32)26-12-5-14-19(25-6-12)20-18(21(33)27-14)22-30(28-20)8-16(34-22)13-3-4-24-7-15(13)31/h5-8,31H,3-4,9-11H2,1-2H3,(H,26,32)(H,27,33). The van der Waals surface area contributed by atoms with Crippen LogP contribution in [0.5, 0.6) is 0 Å². The molecule has 34 heavy (non-hydrogen) atoms. The van der Waals surface area contributed by atoms with Crippen LogP contribution in [-0.2, 0) is 4.79 Å². The lowest BCUT2D eigenvalue weighted by molar-refractivity contribution is -0.120. The number of H-pyrrole nitrogens is 1. The van der Waals surface area contributed by atoms with Crippen LogP contribution in [0.2, 0.25) is 0 Å². The molecule has 1 fully saturated rings. The Bertz CT molecular complexity index is 1600. The number of carbonyl (C=O) groups excluding carboxylic acids is 1. The third kappa shape index (κ3) is 3.48. The summed E-state index contributed by atoms with van der Waals surface area (Å²) in [7, 11) is 0. The number of aromatic amines is 1. The maximum atomic E-state index is 13.0. The lowest BCUT2D eigenvalue weighted by Crippen LogP contribution is -2.54. The number of nitrogens with one attached hydrogen (secondary N) is 2. The van der Waals surface area contributed by atoms with Gasteiger partial charge in [-0.05, 0) is 17.9 Å². The van der Waals surface area contributed by atoms with Crippen LogP contribution in [0.1, 0.15) is 25.1 Å². The van der Waals surface area contributed by atoms with Crippen LogP contribution in [0.3, 0.4) is 0 Å². The van der Waals surface area contributed by atoms with Gasteiger partial charge in [0.15, 0.2) is 0 Å². The first-order valence-electron chi connectivity index (χ1n) is 11.1. The van der Waals surface area contributed by atoms with Crippen molar-refractivity contribution in [1.82, 2.24) is 24.5 Å². The SMILES string of the molecule is CC1(C)CN(CC(=O)Nc2cnc3c(c2)[nH]c(=O)c2c3nn3cc(C4=C(O)C=NCC4)sc23)C1. The van der Waals surface area contributed by atoms with E-state index in [2.05, 4.69) is 44.1 Å². The Labute approximate surface area is 197 Å². The molecular formula is C23H23N7O3S. The molecule has 11 heteroatoms. The zero-order valence-electron chi connectivity index (χ0n) is 18.8. The topological polar surface area (TPSA) is 128 Å². The first-order valence-corrected chi connectivity index (χ1v) is 11.9. The summed E-state index contributed by atoms with van der Waals surface area (Å²) in [6, 6.07) is 1.71. The van der Waals surface area contributed by atoms with E-state index < -0.39 is 0 Å². The normalized spacial score (nSPS) is 18.2. The predicted octanol–water partition coefficient (Wildman–Crippen LogP) is 2.81. The molecule has 10 nitrogen and oxygen atoms in total. The number of hydrogen-bond donors (Lipinski definition) is 3. The van der Waals surface area contributed by atoms with E-state index in [0.717, 1.165) is 23.5 Å². The minimum atomic E-state index is -0.276. The van der Waals surface area contributed by atoms with E-state index in [9.17, 15) is 14.7 Å². The van der Waals surface area contributed by atoms with Gasteiger partial charge in [-0.3, -0.25) is 24.5 Å². The quantitative estimate of drug-likeness (QED) is 0.415. The maximum absolute atomic E-state index is 13.0. The number of aliphatic hydroxyl groups excluding tert-OH is 1. The third-order valence-electron chi connectivity index (χ3n) is 6.17. The van der Waals surface area contributed by atoms with Gasteiger partial charge >= 0.3 is 0 Å². The molecule has 1 amide bonds. The van der Waals surface area contributed by atoms with Crippen LogP contribution in [0.4, 0.5) is 5.69 Å². The largest absolute Gasteiger partial charge is 0.506 e. The summed E-state index contributed by atoms with van der Waals surface area (Å²) in [5.74, 6) is 0.0360. The van der Waals surface area contributed by atoms with Crippen molar-refractivity contribution in [3.8, 4) is 0 Å². The van der Waals surface area contributed by atoms with Gasteiger partial charge < -0.3 is 15.4 Å². The zero-order chi connectivity index (χ0) is 23.6. The number of carbonyl (C=O) groups is 1. The molecule has 0 aliphatic carbocycles. The van der Waals surface area contributed by atoms with Gasteiger partial charge in [0.25, 0.3) is 5.56 Å². The molecule has 0 saturated carbocycles. The van der Waals surface area contributed by atoms with Gasteiger partial charge in [-0.15, -0.1) is 11.3 Å². The Morgan fingerprint density at radius 1 is 1.32 bits per heavy atom. The lowest BCUT2D eigenvalue weighted by Gasteiger charge is -2.45. The van der Waals surface area contributed by atoms with Gasteiger partial charge in [0.05, 0.1) is 35.0 Å². The highest BCUT2D eigenvalue weighted by Gasteiger charge is 2.34. The third-order valence-corrected chi connectivity index (χ3v) is 7.32. The van der Waals surface area contributed by atoms with Crippen LogP contribution in [0.25, 0.3) is 32.3 Å². The number of likely N-dealkylation sites (tertiary alicyclic amines) is 1. The number of thiazole rings is 1. The monoisotopic (exact) mass is 477 g/mol. The average Bonchev–Trinajstić information content (AvgIpc) is 3.31. The zero-order valence-corrected chi connectivity index (χ0v) is 19.6. The summed E-state index contributed by atoms with van der Waals surface area (Å²) < 4.78 is 1.66. The lowest BCUT2D eigenvalue weighted by atomic mass is 9.84. The molecule has 3 N–H and O–H groups in total. The smallest absolute Gasteiger partial charge is 0.261 e. The number of pyridine rings is 2. The molecule has 2 aliphatic rings. The minimum Gasteiger partial charge on any atom is -0.506 e.